The van der Waals surface area contributed by atoms with Crippen LogP contribution in [0.2, 0.25) is 0 Å². The molecule has 186 valence electrons. The van der Waals surface area contributed by atoms with Crippen molar-refractivity contribution in [3.63, 3.8) is 0 Å². The molecule has 0 saturated heterocycles. The van der Waals surface area contributed by atoms with Crippen LogP contribution < -0.4 is 16.0 Å². The van der Waals surface area contributed by atoms with Crippen molar-refractivity contribution in [3.8, 4) is 0 Å². The third-order valence-electron chi connectivity index (χ3n) is 4.82. The Balaban J connectivity index is 2.95. The summed E-state index contributed by atoms with van der Waals surface area (Å²) in [5.74, 6) is -6.19. The molecular weight excluding hydrogens is 446 g/mol. The molecule has 34 heavy (non-hydrogen) atoms. The topological polar surface area (TPSA) is 179 Å². The Hall–Kier alpha value is -3.76. The molecule has 11 heteroatoms. The number of rotatable bonds is 15. The number of nitrogens with one attached hydrogen (secondary N) is 3. The Bertz CT molecular complexity index is 872. The van der Waals surface area contributed by atoms with Crippen LogP contribution in [0, 0.1) is 11.8 Å². The minimum atomic E-state index is -1.32. The van der Waals surface area contributed by atoms with Crippen molar-refractivity contribution in [3.05, 3.63) is 35.9 Å². The number of aliphatic carboxylic acids is 2. The van der Waals surface area contributed by atoms with E-state index in [1.54, 1.807) is 38.1 Å². The van der Waals surface area contributed by atoms with Crippen molar-refractivity contribution < 1.29 is 39.0 Å². The molecule has 0 aromatic heterocycles. The van der Waals surface area contributed by atoms with Gasteiger partial charge < -0.3 is 31.0 Å². The Kier molecular flexibility index (Phi) is 12.0. The van der Waals surface area contributed by atoms with Gasteiger partial charge in [0.1, 0.15) is 18.2 Å². The zero-order valence-electron chi connectivity index (χ0n) is 19.2. The van der Waals surface area contributed by atoms with Gasteiger partial charge >= 0.3 is 11.9 Å². The third kappa shape index (κ3) is 10.7. The lowest BCUT2D eigenvalue weighted by atomic mass is 9.94. The molecule has 3 atom stereocenters. The molecule has 0 heterocycles. The Morgan fingerprint density at radius 3 is 2.06 bits per heavy atom. The molecule has 0 aliphatic carbocycles. The number of aldehydes is 1. The maximum atomic E-state index is 12.9. The van der Waals surface area contributed by atoms with Gasteiger partial charge in [0.15, 0.2) is 0 Å². The smallest absolute Gasteiger partial charge is 0.305 e. The van der Waals surface area contributed by atoms with Gasteiger partial charge in [-0.1, -0.05) is 44.2 Å². The van der Waals surface area contributed by atoms with Crippen LogP contribution >= 0.6 is 0 Å². The van der Waals surface area contributed by atoms with Gasteiger partial charge in [-0.25, -0.2) is 0 Å². The summed E-state index contributed by atoms with van der Waals surface area (Å²) in [7, 11) is 0. The zero-order chi connectivity index (χ0) is 25.7. The van der Waals surface area contributed by atoms with Crippen molar-refractivity contribution in [1.82, 2.24) is 16.0 Å². The normalized spacial score (nSPS) is 13.3. The fraction of sp³-hybridized carbons (Fsp3) is 0.478. The molecule has 1 aromatic rings. The maximum absolute atomic E-state index is 12.9. The minimum absolute atomic E-state index is 0.0631. The molecular formula is C23H31N3O8. The molecule has 0 fully saturated rings. The summed E-state index contributed by atoms with van der Waals surface area (Å²) in [5.41, 5.74) is 0.801. The number of carboxylic acids is 2. The van der Waals surface area contributed by atoms with Gasteiger partial charge in [-0.3, -0.25) is 24.0 Å². The summed E-state index contributed by atoms with van der Waals surface area (Å²) in [4.78, 5) is 71.3. The first kappa shape index (κ1) is 28.3. The third-order valence-corrected chi connectivity index (χ3v) is 4.82. The molecule has 1 aromatic carbocycles. The van der Waals surface area contributed by atoms with E-state index < -0.39 is 60.5 Å². The molecule has 5 N–H and O–H groups in total. The van der Waals surface area contributed by atoms with Crippen LogP contribution in [0.5, 0.6) is 0 Å². The summed E-state index contributed by atoms with van der Waals surface area (Å²) >= 11 is 0. The van der Waals surface area contributed by atoms with Crippen LogP contribution in [-0.2, 0) is 35.3 Å². The largest absolute Gasteiger partial charge is 0.481 e. The highest BCUT2D eigenvalue weighted by molar-refractivity contribution is 6.02. The highest BCUT2D eigenvalue weighted by atomic mass is 16.4. The van der Waals surface area contributed by atoms with E-state index in [9.17, 15) is 28.8 Å². The molecule has 0 saturated carbocycles. The van der Waals surface area contributed by atoms with Crippen LogP contribution in [0.25, 0.3) is 0 Å². The van der Waals surface area contributed by atoms with E-state index in [-0.39, 0.29) is 31.6 Å². The Morgan fingerprint density at radius 1 is 0.912 bits per heavy atom. The molecule has 3 unspecified atom stereocenters. The number of carboxylic acid groups (broad SMARTS) is 2. The number of hydrogen-bond acceptors (Lipinski definition) is 6. The molecule has 1 rings (SSSR count). The van der Waals surface area contributed by atoms with Crippen molar-refractivity contribution in [1.29, 1.82) is 0 Å². The summed E-state index contributed by atoms with van der Waals surface area (Å²) < 4.78 is 0. The van der Waals surface area contributed by atoms with Gasteiger partial charge in [0.2, 0.25) is 17.7 Å². The zero-order valence-corrected chi connectivity index (χ0v) is 19.2. The van der Waals surface area contributed by atoms with Crippen LogP contribution in [0.15, 0.2) is 30.3 Å². The first-order valence-corrected chi connectivity index (χ1v) is 10.8. The average molecular weight is 478 g/mol. The molecule has 11 nitrogen and oxygen atoms in total. The van der Waals surface area contributed by atoms with Crippen molar-refractivity contribution in [2.75, 3.05) is 0 Å². The van der Waals surface area contributed by atoms with Crippen LogP contribution in [0.1, 0.15) is 45.1 Å². The number of carbonyl (C=O) groups excluding carboxylic acids is 4. The maximum Gasteiger partial charge on any atom is 0.305 e. The monoisotopic (exact) mass is 477 g/mol. The SMILES string of the molecule is CC(C)CC(C(=O)NC(C=O)CC(=O)O)C(=O)NC(CCC(=O)O)C(=O)NCc1ccccc1. The van der Waals surface area contributed by atoms with Crippen LogP contribution in [0.3, 0.4) is 0 Å². The summed E-state index contributed by atoms with van der Waals surface area (Å²) in [5, 5.41) is 25.2. The predicted octanol–water partition coefficient (Wildman–Crippen LogP) is 0.473. The summed E-state index contributed by atoms with van der Waals surface area (Å²) in [6.07, 6.45) is -0.907. The lowest BCUT2D eigenvalue weighted by molar-refractivity contribution is -0.142. The first-order chi connectivity index (χ1) is 16.0. The molecule has 3 amide bonds. The fourth-order valence-electron chi connectivity index (χ4n) is 3.13. The van der Waals surface area contributed by atoms with Crippen LogP contribution in [0.4, 0.5) is 0 Å². The Labute approximate surface area is 197 Å². The number of amides is 3. The van der Waals surface area contributed by atoms with Gasteiger partial charge in [0.05, 0.1) is 12.5 Å². The van der Waals surface area contributed by atoms with Crippen molar-refractivity contribution in [2.45, 2.75) is 58.2 Å². The molecule has 0 aliphatic rings. The van der Waals surface area contributed by atoms with Gasteiger partial charge in [0, 0.05) is 13.0 Å². The lowest BCUT2D eigenvalue weighted by Crippen LogP contribution is -2.52. The quantitative estimate of drug-likeness (QED) is 0.179. The second kappa shape index (κ2) is 14.4. The van der Waals surface area contributed by atoms with Crippen molar-refractivity contribution >= 4 is 35.9 Å². The van der Waals surface area contributed by atoms with E-state index in [4.69, 9.17) is 10.2 Å². The van der Waals surface area contributed by atoms with E-state index in [1.165, 1.54) is 0 Å². The number of benzene rings is 1. The summed E-state index contributed by atoms with van der Waals surface area (Å²) in [6, 6.07) is 6.44. The van der Waals surface area contributed by atoms with E-state index in [2.05, 4.69) is 16.0 Å². The molecule has 0 bridgehead atoms. The minimum Gasteiger partial charge on any atom is -0.481 e. The van der Waals surface area contributed by atoms with E-state index >= 15 is 0 Å². The highest BCUT2D eigenvalue weighted by Gasteiger charge is 2.32. The lowest BCUT2D eigenvalue weighted by Gasteiger charge is -2.23. The van der Waals surface area contributed by atoms with E-state index in [1.807, 2.05) is 6.07 Å². The van der Waals surface area contributed by atoms with Gasteiger partial charge in [-0.15, -0.1) is 0 Å². The second-order valence-corrected chi connectivity index (χ2v) is 8.23. The predicted molar refractivity (Wildman–Crippen MR) is 120 cm³/mol. The van der Waals surface area contributed by atoms with Crippen LogP contribution in [-0.4, -0.2) is 58.2 Å². The molecule has 0 aliphatic heterocycles. The fourth-order valence-corrected chi connectivity index (χ4v) is 3.13. The molecule has 0 spiro atoms. The summed E-state index contributed by atoms with van der Waals surface area (Å²) in [6.45, 7) is 3.68. The number of hydrogen-bond donors (Lipinski definition) is 5. The average Bonchev–Trinajstić information content (AvgIpc) is 2.77. The molecule has 0 radical (unpaired) electrons. The van der Waals surface area contributed by atoms with Gasteiger partial charge in [-0.2, -0.15) is 0 Å². The van der Waals surface area contributed by atoms with Crippen molar-refractivity contribution in [2.24, 2.45) is 11.8 Å². The standard InChI is InChI=1S/C23H31N3O8/c1-14(2)10-17(21(32)25-16(13-27)11-20(30)31)22(33)26-18(8-9-19(28)29)23(34)24-12-15-6-4-3-5-7-15/h3-7,13-14,16-18H,8-12H2,1-2H3,(H,24,34)(H,25,32)(H,26,33)(H,28,29)(H,30,31). The first-order valence-electron chi connectivity index (χ1n) is 10.8. The second-order valence-electron chi connectivity index (χ2n) is 8.23. The van der Waals surface area contributed by atoms with Gasteiger partial charge in [0.25, 0.3) is 0 Å². The Morgan fingerprint density at radius 2 is 1.53 bits per heavy atom. The number of carbonyl (C=O) groups is 6. The van der Waals surface area contributed by atoms with Gasteiger partial charge in [-0.05, 0) is 24.3 Å². The van der Waals surface area contributed by atoms with E-state index in [0.29, 0.717) is 0 Å². The van der Waals surface area contributed by atoms with E-state index in [0.717, 1.165) is 5.56 Å². The highest BCUT2D eigenvalue weighted by Crippen LogP contribution is 2.14.